The van der Waals surface area contributed by atoms with E-state index in [2.05, 4.69) is 4.84 Å². The molecule has 0 aliphatic heterocycles. The summed E-state index contributed by atoms with van der Waals surface area (Å²) in [4.78, 5) is 13.5. The van der Waals surface area contributed by atoms with Gasteiger partial charge in [-0.1, -0.05) is 36.4 Å². The molecule has 1 atom stereocenters. The summed E-state index contributed by atoms with van der Waals surface area (Å²) >= 11 is 5.53. The largest absolute Gasteiger partial charge is 0.480 e. The van der Waals surface area contributed by atoms with Crippen LogP contribution in [0.15, 0.2) is 54.7 Å². The molecule has 0 aliphatic carbocycles. The fourth-order valence-corrected chi connectivity index (χ4v) is 2.99. The minimum absolute atomic E-state index is 0.240. The van der Waals surface area contributed by atoms with Gasteiger partial charge < -0.3 is 9.67 Å². The van der Waals surface area contributed by atoms with Crippen molar-refractivity contribution in [2.45, 2.75) is 19.0 Å². The second-order valence-corrected chi connectivity index (χ2v) is 5.81. The van der Waals surface area contributed by atoms with Gasteiger partial charge in [0.25, 0.3) is 0 Å². The summed E-state index contributed by atoms with van der Waals surface area (Å²) in [5, 5.41) is 10.1. The molecule has 3 aromatic rings. The predicted octanol–water partition coefficient (Wildman–Crippen LogP) is 3.57. The lowest BCUT2D eigenvalue weighted by Gasteiger charge is -2.08. The molecule has 0 spiro atoms. The molecule has 0 amide bonds. The van der Waals surface area contributed by atoms with E-state index in [1.807, 2.05) is 35.0 Å². The van der Waals surface area contributed by atoms with Gasteiger partial charge in [0.2, 0.25) is 0 Å². The predicted molar refractivity (Wildman–Crippen MR) is 91.6 cm³/mol. The van der Waals surface area contributed by atoms with E-state index < -0.39 is 12.0 Å². The summed E-state index contributed by atoms with van der Waals surface area (Å²) < 4.78 is 15.9. The van der Waals surface area contributed by atoms with E-state index in [1.165, 1.54) is 6.07 Å². The van der Waals surface area contributed by atoms with Crippen molar-refractivity contribution in [2.75, 3.05) is 0 Å². The van der Waals surface area contributed by atoms with Crippen LogP contribution in [-0.4, -0.2) is 21.7 Å². The standard InChI is InChI=1S/C18H16ClFN2O2/c19-21-16(18(23)24)9-13-11-22(17-8-4-2-6-14(13)17)10-12-5-1-3-7-15(12)20/h1-8,11,16,21H,9-10H2,(H,23,24). The Balaban J connectivity index is 2.00. The van der Waals surface area contributed by atoms with Crippen molar-refractivity contribution in [3.05, 3.63) is 71.7 Å². The SMILES string of the molecule is O=C(O)C(Cc1cn(Cc2ccccc2F)c2ccccc12)NCl. The van der Waals surface area contributed by atoms with Gasteiger partial charge in [-0.3, -0.25) is 4.79 Å². The highest BCUT2D eigenvalue weighted by Gasteiger charge is 2.19. The van der Waals surface area contributed by atoms with Gasteiger partial charge in [-0.25, -0.2) is 9.23 Å². The fourth-order valence-electron chi connectivity index (χ4n) is 2.82. The number of fused-ring (bicyclic) bond motifs is 1. The molecule has 0 saturated carbocycles. The van der Waals surface area contributed by atoms with Crippen LogP contribution in [0.5, 0.6) is 0 Å². The highest BCUT2D eigenvalue weighted by atomic mass is 35.5. The number of carbonyl (C=O) groups is 1. The minimum Gasteiger partial charge on any atom is -0.480 e. The van der Waals surface area contributed by atoms with Gasteiger partial charge in [-0.05, 0) is 29.5 Å². The summed E-state index contributed by atoms with van der Waals surface area (Å²) in [5.74, 6) is -1.28. The monoisotopic (exact) mass is 346 g/mol. The third-order valence-corrected chi connectivity index (χ3v) is 4.29. The highest BCUT2D eigenvalue weighted by molar-refractivity contribution is 6.14. The van der Waals surface area contributed by atoms with Gasteiger partial charge in [-0.15, -0.1) is 0 Å². The molecule has 4 nitrogen and oxygen atoms in total. The van der Waals surface area contributed by atoms with Crippen LogP contribution in [0.3, 0.4) is 0 Å². The second-order valence-electron chi connectivity index (χ2n) is 5.59. The number of para-hydroxylation sites is 1. The molecule has 1 heterocycles. The Morgan fingerprint density at radius 1 is 1.17 bits per heavy atom. The lowest BCUT2D eigenvalue weighted by Crippen LogP contribution is -2.32. The van der Waals surface area contributed by atoms with Crippen LogP contribution in [0.25, 0.3) is 10.9 Å². The molecule has 0 bridgehead atoms. The first-order valence-electron chi connectivity index (χ1n) is 7.49. The molecule has 24 heavy (non-hydrogen) atoms. The number of rotatable bonds is 6. The van der Waals surface area contributed by atoms with Crippen LogP contribution in [-0.2, 0) is 17.8 Å². The molecule has 3 rings (SSSR count). The van der Waals surface area contributed by atoms with Crippen molar-refractivity contribution < 1.29 is 14.3 Å². The van der Waals surface area contributed by atoms with E-state index >= 15 is 0 Å². The van der Waals surface area contributed by atoms with Gasteiger partial charge in [0, 0.05) is 29.1 Å². The van der Waals surface area contributed by atoms with Crippen molar-refractivity contribution in [3.63, 3.8) is 0 Å². The van der Waals surface area contributed by atoms with E-state index in [0.717, 1.165) is 16.5 Å². The zero-order chi connectivity index (χ0) is 17.1. The lowest BCUT2D eigenvalue weighted by atomic mass is 10.1. The Hall–Kier alpha value is -2.37. The Kier molecular flexibility index (Phi) is 4.83. The Labute approximate surface area is 143 Å². The van der Waals surface area contributed by atoms with Gasteiger partial charge in [-0.2, -0.15) is 0 Å². The van der Waals surface area contributed by atoms with E-state index in [9.17, 15) is 14.3 Å². The van der Waals surface area contributed by atoms with Crippen LogP contribution in [0.4, 0.5) is 4.39 Å². The Morgan fingerprint density at radius 2 is 1.88 bits per heavy atom. The Morgan fingerprint density at radius 3 is 2.58 bits per heavy atom. The number of benzene rings is 2. The van der Waals surface area contributed by atoms with Crippen LogP contribution in [0.1, 0.15) is 11.1 Å². The number of aromatic nitrogens is 1. The number of halogens is 2. The molecule has 1 unspecified atom stereocenters. The van der Waals surface area contributed by atoms with Crippen molar-refractivity contribution in [3.8, 4) is 0 Å². The third-order valence-electron chi connectivity index (χ3n) is 4.02. The zero-order valence-corrected chi connectivity index (χ0v) is 13.5. The smallest absolute Gasteiger partial charge is 0.322 e. The minimum atomic E-state index is -1.02. The van der Waals surface area contributed by atoms with Crippen molar-refractivity contribution >= 4 is 28.6 Å². The zero-order valence-electron chi connectivity index (χ0n) is 12.7. The number of hydrogen-bond donors (Lipinski definition) is 2. The van der Waals surface area contributed by atoms with Crippen molar-refractivity contribution in [2.24, 2.45) is 0 Å². The number of carboxylic acid groups (broad SMARTS) is 1. The second kappa shape index (κ2) is 7.03. The number of carboxylic acids is 1. The van der Waals surface area contributed by atoms with Crippen molar-refractivity contribution in [1.29, 1.82) is 0 Å². The molecule has 2 aromatic carbocycles. The maximum Gasteiger partial charge on any atom is 0.322 e. The average Bonchev–Trinajstić information content (AvgIpc) is 2.92. The van der Waals surface area contributed by atoms with E-state index in [-0.39, 0.29) is 12.2 Å². The number of nitrogens with one attached hydrogen (secondary N) is 1. The summed E-state index contributed by atoms with van der Waals surface area (Å²) in [6, 6.07) is 13.4. The molecule has 1 aromatic heterocycles. The van der Waals surface area contributed by atoms with Gasteiger partial charge in [0.1, 0.15) is 11.9 Å². The van der Waals surface area contributed by atoms with Crippen LogP contribution < -0.4 is 4.84 Å². The van der Waals surface area contributed by atoms with E-state index in [1.54, 1.807) is 18.2 Å². The number of nitrogens with zero attached hydrogens (tertiary/aromatic N) is 1. The molecule has 124 valence electrons. The summed E-state index contributed by atoms with van der Waals surface area (Å²) in [7, 11) is 0. The normalized spacial score (nSPS) is 12.4. The van der Waals surface area contributed by atoms with Gasteiger partial charge >= 0.3 is 5.97 Å². The van der Waals surface area contributed by atoms with Crippen LogP contribution in [0, 0.1) is 5.82 Å². The summed E-state index contributed by atoms with van der Waals surface area (Å²) in [6.07, 6.45) is 2.10. The molecule has 0 saturated heterocycles. The Bertz CT molecular complexity index is 878. The maximum absolute atomic E-state index is 13.9. The van der Waals surface area contributed by atoms with Crippen LogP contribution in [0.2, 0.25) is 0 Å². The van der Waals surface area contributed by atoms with E-state index in [0.29, 0.717) is 12.1 Å². The maximum atomic E-state index is 13.9. The summed E-state index contributed by atoms with van der Waals surface area (Å²) in [6.45, 7) is 0.374. The summed E-state index contributed by atoms with van der Waals surface area (Å²) in [5.41, 5.74) is 2.35. The first-order valence-corrected chi connectivity index (χ1v) is 7.87. The third kappa shape index (κ3) is 3.27. The van der Waals surface area contributed by atoms with Gasteiger partial charge in [0.15, 0.2) is 0 Å². The lowest BCUT2D eigenvalue weighted by molar-refractivity contribution is -0.138. The molecule has 6 heteroatoms. The van der Waals surface area contributed by atoms with Crippen LogP contribution >= 0.6 is 11.8 Å². The molecule has 2 N–H and O–H groups in total. The number of hydrogen-bond acceptors (Lipinski definition) is 2. The fraction of sp³-hybridized carbons (Fsp3) is 0.167. The topological polar surface area (TPSA) is 54.3 Å². The van der Waals surface area contributed by atoms with Crippen molar-refractivity contribution in [1.82, 2.24) is 9.40 Å². The average molecular weight is 347 g/mol. The first kappa shape index (κ1) is 16.5. The first-order chi connectivity index (χ1) is 11.6. The molecular weight excluding hydrogens is 331 g/mol. The molecule has 0 fully saturated rings. The molecular formula is C18H16ClFN2O2. The molecule has 0 aliphatic rings. The van der Waals surface area contributed by atoms with Gasteiger partial charge in [0.05, 0.1) is 6.54 Å². The van der Waals surface area contributed by atoms with E-state index in [4.69, 9.17) is 11.8 Å². The highest BCUT2D eigenvalue weighted by Crippen LogP contribution is 2.24. The quantitative estimate of drug-likeness (QED) is 0.671. The molecule has 0 radical (unpaired) electrons. The number of aliphatic carboxylic acids is 1.